The molecule has 0 rings (SSSR count). The van der Waals surface area contributed by atoms with Gasteiger partial charge in [0.05, 0.1) is 6.10 Å². The van der Waals surface area contributed by atoms with Crippen LogP contribution in [0.25, 0.3) is 0 Å². The smallest absolute Gasteiger partial charge is 0.303 e. The van der Waals surface area contributed by atoms with Gasteiger partial charge >= 0.3 is 5.97 Å². The first-order chi connectivity index (χ1) is 9.16. The Bertz CT molecular complexity index is 236. The van der Waals surface area contributed by atoms with Crippen molar-refractivity contribution < 1.29 is 15.0 Å². The molecule has 19 heavy (non-hydrogen) atoms. The second-order valence-electron chi connectivity index (χ2n) is 5.22. The first-order valence-corrected chi connectivity index (χ1v) is 7.67. The Kier molecular flexibility index (Phi) is 13.0. The van der Waals surface area contributed by atoms with Crippen LogP contribution in [0.15, 0.2) is 12.2 Å². The van der Waals surface area contributed by atoms with Crippen molar-refractivity contribution in [3.8, 4) is 0 Å². The highest BCUT2D eigenvalue weighted by Gasteiger charge is 2.01. The molecule has 0 bridgehead atoms. The molecular weight excluding hydrogens is 240 g/mol. The number of aliphatic carboxylic acids is 1. The standard InChI is InChI=1S/C16H30O3/c1-2-3-12-15(17)13-10-8-6-4-5-7-9-11-14-16(18)19/h2-3,15,17H,4-14H2,1H3,(H,18,19). The molecule has 0 aromatic heterocycles. The molecule has 0 amide bonds. The first kappa shape index (κ1) is 18.2. The van der Waals surface area contributed by atoms with Crippen molar-refractivity contribution in [1.82, 2.24) is 0 Å². The van der Waals surface area contributed by atoms with E-state index in [4.69, 9.17) is 5.11 Å². The molecule has 0 aliphatic carbocycles. The molecule has 0 saturated heterocycles. The van der Waals surface area contributed by atoms with Gasteiger partial charge in [0.2, 0.25) is 0 Å². The van der Waals surface area contributed by atoms with Crippen LogP contribution in [0.2, 0.25) is 0 Å². The molecule has 0 aliphatic heterocycles. The molecule has 0 radical (unpaired) electrons. The minimum absolute atomic E-state index is 0.174. The van der Waals surface area contributed by atoms with Crippen LogP contribution in [-0.2, 0) is 4.79 Å². The number of rotatable bonds is 13. The van der Waals surface area contributed by atoms with Crippen LogP contribution in [0.1, 0.15) is 77.6 Å². The molecule has 2 N–H and O–H groups in total. The third-order valence-electron chi connectivity index (χ3n) is 3.32. The highest BCUT2D eigenvalue weighted by molar-refractivity contribution is 5.66. The molecule has 3 nitrogen and oxygen atoms in total. The minimum Gasteiger partial charge on any atom is -0.481 e. The summed E-state index contributed by atoms with van der Waals surface area (Å²) in [5.74, 6) is -0.684. The maximum atomic E-state index is 10.3. The predicted molar refractivity (Wildman–Crippen MR) is 79.2 cm³/mol. The van der Waals surface area contributed by atoms with E-state index in [-0.39, 0.29) is 6.10 Å². The topological polar surface area (TPSA) is 57.5 Å². The van der Waals surface area contributed by atoms with E-state index < -0.39 is 5.97 Å². The van der Waals surface area contributed by atoms with E-state index >= 15 is 0 Å². The molecule has 0 aliphatic rings. The fourth-order valence-electron chi connectivity index (χ4n) is 2.13. The molecule has 1 unspecified atom stereocenters. The molecule has 0 aromatic carbocycles. The summed E-state index contributed by atoms with van der Waals surface area (Å²) >= 11 is 0. The number of carbonyl (C=O) groups is 1. The zero-order valence-corrected chi connectivity index (χ0v) is 12.3. The van der Waals surface area contributed by atoms with Crippen molar-refractivity contribution in [3.63, 3.8) is 0 Å². The number of carboxylic acids is 1. The number of carboxylic acid groups (broad SMARTS) is 1. The lowest BCUT2D eigenvalue weighted by molar-refractivity contribution is -0.137. The zero-order chi connectivity index (χ0) is 14.3. The Morgan fingerprint density at radius 1 is 1.00 bits per heavy atom. The maximum absolute atomic E-state index is 10.3. The Morgan fingerprint density at radius 2 is 1.53 bits per heavy atom. The van der Waals surface area contributed by atoms with E-state index in [1.807, 2.05) is 19.1 Å². The Hall–Kier alpha value is -0.830. The van der Waals surface area contributed by atoms with Crippen molar-refractivity contribution in [2.24, 2.45) is 0 Å². The Balaban J connectivity index is 3.12. The number of aliphatic hydroxyl groups is 1. The van der Waals surface area contributed by atoms with Crippen molar-refractivity contribution in [2.75, 3.05) is 0 Å². The van der Waals surface area contributed by atoms with Crippen molar-refractivity contribution >= 4 is 5.97 Å². The number of hydrogen-bond donors (Lipinski definition) is 2. The third kappa shape index (κ3) is 15.1. The second-order valence-corrected chi connectivity index (χ2v) is 5.22. The predicted octanol–water partition coefficient (Wildman–Crippen LogP) is 4.30. The van der Waals surface area contributed by atoms with Gasteiger partial charge in [0, 0.05) is 6.42 Å². The number of unbranched alkanes of at least 4 members (excludes halogenated alkanes) is 7. The van der Waals surface area contributed by atoms with Gasteiger partial charge in [-0.1, -0.05) is 57.1 Å². The number of aliphatic hydroxyl groups excluding tert-OH is 1. The molecule has 0 fully saturated rings. The van der Waals surface area contributed by atoms with Gasteiger partial charge in [-0.25, -0.2) is 0 Å². The van der Waals surface area contributed by atoms with Crippen molar-refractivity contribution in [2.45, 2.75) is 83.7 Å². The lowest BCUT2D eigenvalue weighted by Crippen LogP contribution is -2.04. The van der Waals surface area contributed by atoms with Gasteiger partial charge in [0.25, 0.3) is 0 Å². The van der Waals surface area contributed by atoms with Crippen molar-refractivity contribution in [3.05, 3.63) is 12.2 Å². The van der Waals surface area contributed by atoms with E-state index in [9.17, 15) is 9.90 Å². The summed E-state index contributed by atoms with van der Waals surface area (Å²) in [6, 6.07) is 0. The first-order valence-electron chi connectivity index (χ1n) is 7.67. The molecule has 112 valence electrons. The van der Waals surface area contributed by atoms with E-state index in [2.05, 4.69) is 0 Å². The fraction of sp³-hybridized carbons (Fsp3) is 0.812. The summed E-state index contributed by atoms with van der Waals surface area (Å²) in [6.07, 6.45) is 14.8. The van der Waals surface area contributed by atoms with E-state index in [1.54, 1.807) is 0 Å². The van der Waals surface area contributed by atoms with Gasteiger partial charge in [-0.05, 0) is 26.2 Å². The number of allylic oxidation sites excluding steroid dienone is 1. The highest BCUT2D eigenvalue weighted by atomic mass is 16.4. The molecule has 1 atom stereocenters. The SMILES string of the molecule is CC=CCC(O)CCCCCCCCCCC(=O)O. The van der Waals surface area contributed by atoms with Crippen molar-refractivity contribution in [1.29, 1.82) is 0 Å². The normalized spacial score (nSPS) is 12.9. The Labute approximate surface area is 117 Å². The molecule has 0 aromatic rings. The summed E-state index contributed by atoms with van der Waals surface area (Å²) < 4.78 is 0. The zero-order valence-electron chi connectivity index (χ0n) is 12.3. The van der Waals surface area contributed by atoms with Gasteiger partial charge in [-0.3, -0.25) is 4.79 Å². The van der Waals surface area contributed by atoms with Gasteiger partial charge in [-0.2, -0.15) is 0 Å². The van der Waals surface area contributed by atoms with Gasteiger partial charge in [-0.15, -0.1) is 0 Å². The summed E-state index contributed by atoms with van der Waals surface area (Å²) in [5, 5.41) is 18.1. The second kappa shape index (κ2) is 13.6. The Morgan fingerprint density at radius 3 is 2.05 bits per heavy atom. The molecule has 0 heterocycles. The largest absolute Gasteiger partial charge is 0.481 e. The van der Waals surface area contributed by atoms with Gasteiger partial charge in [0.15, 0.2) is 0 Å². The summed E-state index contributed by atoms with van der Waals surface area (Å²) in [5.41, 5.74) is 0. The van der Waals surface area contributed by atoms with Gasteiger partial charge < -0.3 is 10.2 Å². The summed E-state index contributed by atoms with van der Waals surface area (Å²) in [6.45, 7) is 1.98. The fourth-order valence-corrected chi connectivity index (χ4v) is 2.13. The van der Waals surface area contributed by atoms with E-state index in [0.29, 0.717) is 6.42 Å². The molecular formula is C16H30O3. The van der Waals surface area contributed by atoms with Crippen LogP contribution in [0.4, 0.5) is 0 Å². The average Bonchev–Trinajstić information content (AvgIpc) is 2.38. The van der Waals surface area contributed by atoms with Crippen LogP contribution in [0, 0.1) is 0 Å². The highest BCUT2D eigenvalue weighted by Crippen LogP contribution is 2.12. The van der Waals surface area contributed by atoms with Gasteiger partial charge in [0.1, 0.15) is 0 Å². The third-order valence-corrected chi connectivity index (χ3v) is 3.32. The minimum atomic E-state index is -0.684. The van der Waals surface area contributed by atoms with Crippen LogP contribution in [-0.4, -0.2) is 22.3 Å². The lowest BCUT2D eigenvalue weighted by Gasteiger charge is -2.07. The molecule has 3 heteroatoms. The van der Waals surface area contributed by atoms with Crippen LogP contribution >= 0.6 is 0 Å². The van der Waals surface area contributed by atoms with E-state index in [1.165, 1.54) is 25.7 Å². The molecule has 0 spiro atoms. The monoisotopic (exact) mass is 270 g/mol. The van der Waals surface area contributed by atoms with Crippen LogP contribution in [0.5, 0.6) is 0 Å². The van der Waals surface area contributed by atoms with Crippen LogP contribution < -0.4 is 0 Å². The lowest BCUT2D eigenvalue weighted by atomic mass is 10.0. The van der Waals surface area contributed by atoms with Crippen LogP contribution in [0.3, 0.4) is 0 Å². The number of hydrogen-bond acceptors (Lipinski definition) is 2. The van der Waals surface area contributed by atoms with E-state index in [0.717, 1.165) is 38.5 Å². The maximum Gasteiger partial charge on any atom is 0.303 e. The summed E-state index contributed by atoms with van der Waals surface area (Å²) in [7, 11) is 0. The molecule has 0 saturated carbocycles. The average molecular weight is 270 g/mol. The summed E-state index contributed by atoms with van der Waals surface area (Å²) in [4.78, 5) is 10.3. The quantitative estimate of drug-likeness (QED) is 0.387.